The van der Waals surface area contributed by atoms with E-state index >= 15 is 0 Å². The third-order valence-electron chi connectivity index (χ3n) is 2.49. The third-order valence-corrected chi connectivity index (χ3v) is 2.49. The van der Waals surface area contributed by atoms with Gasteiger partial charge in [0, 0.05) is 6.08 Å². The molecule has 12 heavy (non-hydrogen) atoms. The minimum atomic E-state index is -0.209. The van der Waals surface area contributed by atoms with E-state index in [1.165, 1.54) is 31.9 Å². The Labute approximate surface area is 73.6 Å². The van der Waals surface area contributed by atoms with Crippen molar-refractivity contribution in [2.75, 3.05) is 7.11 Å². The number of hydrogen-bond donors (Lipinski definition) is 0. The number of ether oxygens (including phenoxy) is 1. The lowest BCUT2D eigenvalue weighted by molar-refractivity contribution is -0.134. The van der Waals surface area contributed by atoms with Crippen molar-refractivity contribution >= 4 is 5.97 Å². The zero-order chi connectivity index (χ0) is 8.97. The topological polar surface area (TPSA) is 26.3 Å². The Morgan fingerprint density at radius 2 is 2.33 bits per heavy atom. The molecule has 0 aromatic heterocycles. The first-order valence-corrected chi connectivity index (χ1v) is 4.52. The Hall–Kier alpha value is -0.790. The van der Waals surface area contributed by atoms with Crippen molar-refractivity contribution in [2.45, 2.75) is 32.6 Å². The minimum Gasteiger partial charge on any atom is -0.466 e. The first-order valence-electron chi connectivity index (χ1n) is 4.52. The average Bonchev–Trinajstić information content (AvgIpc) is 2.09. The van der Waals surface area contributed by atoms with E-state index in [0.717, 1.165) is 6.42 Å². The fourth-order valence-corrected chi connectivity index (χ4v) is 1.64. The second kappa shape index (κ2) is 4.29. The summed E-state index contributed by atoms with van der Waals surface area (Å²) in [6.07, 6.45) is 6.44. The van der Waals surface area contributed by atoms with Gasteiger partial charge in [0.15, 0.2) is 0 Å². The van der Waals surface area contributed by atoms with Crippen LogP contribution in [0, 0.1) is 5.92 Å². The first kappa shape index (κ1) is 9.30. The van der Waals surface area contributed by atoms with Gasteiger partial charge in [-0.25, -0.2) is 4.79 Å². The van der Waals surface area contributed by atoms with Crippen LogP contribution in [0.2, 0.25) is 0 Å². The van der Waals surface area contributed by atoms with Gasteiger partial charge in [-0.3, -0.25) is 0 Å². The fourth-order valence-electron chi connectivity index (χ4n) is 1.64. The van der Waals surface area contributed by atoms with Crippen LogP contribution in [0.25, 0.3) is 0 Å². The van der Waals surface area contributed by atoms with Gasteiger partial charge in [-0.05, 0) is 25.2 Å². The van der Waals surface area contributed by atoms with E-state index in [9.17, 15) is 4.79 Å². The highest BCUT2D eigenvalue weighted by atomic mass is 16.5. The quantitative estimate of drug-likeness (QED) is 0.443. The number of esters is 1. The second-order valence-electron chi connectivity index (χ2n) is 3.39. The third kappa shape index (κ3) is 2.36. The normalized spacial score (nSPS) is 27.2. The maximum absolute atomic E-state index is 10.9. The van der Waals surface area contributed by atoms with Crippen LogP contribution in [0.5, 0.6) is 0 Å². The number of rotatable bonds is 1. The van der Waals surface area contributed by atoms with E-state index in [4.69, 9.17) is 0 Å². The molecule has 0 amide bonds. The SMILES string of the molecule is COC(=O)/C=C1/CCCC[C@@H]1C. The van der Waals surface area contributed by atoms with E-state index in [-0.39, 0.29) is 5.97 Å². The number of carbonyl (C=O) groups is 1. The molecule has 0 spiro atoms. The van der Waals surface area contributed by atoms with Crippen molar-refractivity contribution in [1.82, 2.24) is 0 Å². The number of carbonyl (C=O) groups excluding carboxylic acids is 1. The fraction of sp³-hybridized carbons (Fsp3) is 0.700. The molecule has 1 saturated carbocycles. The van der Waals surface area contributed by atoms with E-state index < -0.39 is 0 Å². The van der Waals surface area contributed by atoms with Gasteiger partial charge in [-0.1, -0.05) is 18.9 Å². The Morgan fingerprint density at radius 3 is 2.92 bits per heavy atom. The standard InChI is InChI=1S/C10H16O2/c1-8-5-3-4-6-9(8)7-10(11)12-2/h7-8H,3-6H2,1-2H3/b9-7-/t8-/m0/s1. The smallest absolute Gasteiger partial charge is 0.330 e. The van der Waals surface area contributed by atoms with Crippen LogP contribution >= 0.6 is 0 Å². The molecular weight excluding hydrogens is 152 g/mol. The van der Waals surface area contributed by atoms with Crippen LogP contribution in [0.3, 0.4) is 0 Å². The van der Waals surface area contributed by atoms with E-state index in [1.54, 1.807) is 6.08 Å². The Morgan fingerprint density at radius 1 is 1.58 bits per heavy atom. The molecule has 0 bridgehead atoms. The van der Waals surface area contributed by atoms with Crippen molar-refractivity contribution in [2.24, 2.45) is 5.92 Å². The van der Waals surface area contributed by atoms with Gasteiger partial charge < -0.3 is 4.74 Å². The van der Waals surface area contributed by atoms with Crippen LogP contribution in [-0.4, -0.2) is 13.1 Å². The molecular formula is C10H16O2. The molecule has 68 valence electrons. The monoisotopic (exact) mass is 168 g/mol. The summed E-state index contributed by atoms with van der Waals surface area (Å²) in [7, 11) is 1.42. The Kier molecular flexibility index (Phi) is 3.32. The molecule has 1 fully saturated rings. The van der Waals surface area contributed by atoms with Crippen molar-refractivity contribution in [3.8, 4) is 0 Å². The average molecular weight is 168 g/mol. The highest BCUT2D eigenvalue weighted by molar-refractivity contribution is 5.82. The van der Waals surface area contributed by atoms with E-state index in [2.05, 4.69) is 11.7 Å². The molecule has 2 heteroatoms. The van der Waals surface area contributed by atoms with Crippen LogP contribution in [0.1, 0.15) is 32.6 Å². The van der Waals surface area contributed by atoms with Crippen LogP contribution < -0.4 is 0 Å². The number of allylic oxidation sites excluding steroid dienone is 1. The van der Waals surface area contributed by atoms with Gasteiger partial charge in [-0.15, -0.1) is 0 Å². The molecule has 1 aliphatic carbocycles. The molecule has 0 heterocycles. The lowest BCUT2D eigenvalue weighted by Gasteiger charge is -2.20. The molecule has 1 aliphatic rings. The predicted molar refractivity (Wildman–Crippen MR) is 47.7 cm³/mol. The molecule has 0 unspecified atom stereocenters. The number of methoxy groups -OCH3 is 1. The number of hydrogen-bond acceptors (Lipinski definition) is 2. The molecule has 1 atom stereocenters. The van der Waals surface area contributed by atoms with Crippen LogP contribution in [0.4, 0.5) is 0 Å². The van der Waals surface area contributed by atoms with Crippen molar-refractivity contribution < 1.29 is 9.53 Å². The van der Waals surface area contributed by atoms with Crippen LogP contribution in [0.15, 0.2) is 11.6 Å². The first-order chi connectivity index (χ1) is 5.74. The lowest BCUT2D eigenvalue weighted by Crippen LogP contribution is -2.08. The van der Waals surface area contributed by atoms with Gasteiger partial charge in [0.25, 0.3) is 0 Å². The second-order valence-corrected chi connectivity index (χ2v) is 3.39. The molecule has 0 radical (unpaired) electrons. The van der Waals surface area contributed by atoms with Gasteiger partial charge in [0.1, 0.15) is 0 Å². The summed E-state index contributed by atoms with van der Waals surface area (Å²) < 4.78 is 4.59. The van der Waals surface area contributed by atoms with Crippen molar-refractivity contribution in [3.63, 3.8) is 0 Å². The van der Waals surface area contributed by atoms with Gasteiger partial charge >= 0.3 is 5.97 Å². The van der Waals surface area contributed by atoms with Crippen molar-refractivity contribution in [3.05, 3.63) is 11.6 Å². The molecule has 0 aliphatic heterocycles. The zero-order valence-electron chi connectivity index (χ0n) is 7.80. The highest BCUT2D eigenvalue weighted by Gasteiger charge is 2.14. The molecule has 1 rings (SSSR count). The maximum Gasteiger partial charge on any atom is 0.330 e. The molecule has 0 saturated heterocycles. The molecule has 2 nitrogen and oxygen atoms in total. The molecule has 0 aromatic rings. The van der Waals surface area contributed by atoms with Gasteiger partial charge in [0.2, 0.25) is 0 Å². The van der Waals surface area contributed by atoms with E-state index in [0.29, 0.717) is 5.92 Å². The summed E-state index contributed by atoms with van der Waals surface area (Å²) in [6, 6.07) is 0. The van der Waals surface area contributed by atoms with E-state index in [1.807, 2.05) is 0 Å². The summed E-state index contributed by atoms with van der Waals surface area (Å²) in [4.78, 5) is 10.9. The highest BCUT2D eigenvalue weighted by Crippen LogP contribution is 2.28. The molecule has 0 aromatic carbocycles. The summed E-state index contributed by atoms with van der Waals surface area (Å²) in [6.45, 7) is 2.17. The Balaban J connectivity index is 2.58. The molecule has 0 N–H and O–H groups in total. The van der Waals surface area contributed by atoms with Crippen molar-refractivity contribution in [1.29, 1.82) is 0 Å². The summed E-state index contributed by atoms with van der Waals surface area (Å²) in [5, 5.41) is 0. The summed E-state index contributed by atoms with van der Waals surface area (Å²) in [5.41, 5.74) is 1.26. The van der Waals surface area contributed by atoms with Crippen LogP contribution in [-0.2, 0) is 9.53 Å². The lowest BCUT2D eigenvalue weighted by atomic mass is 9.85. The summed E-state index contributed by atoms with van der Waals surface area (Å²) in [5.74, 6) is 0.358. The largest absolute Gasteiger partial charge is 0.466 e. The van der Waals surface area contributed by atoms with Gasteiger partial charge in [0.05, 0.1) is 7.11 Å². The zero-order valence-corrected chi connectivity index (χ0v) is 7.80. The predicted octanol–water partition coefficient (Wildman–Crippen LogP) is 2.30. The minimum absolute atomic E-state index is 0.209. The summed E-state index contributed by atoms with van der Waals surface area (Å²) >= 11 is 0. The van der Waals surface area contributed by atoms with Gasteiger partial charge in [-0.2, -0.15) is 0 Å². The Bertz CT molecular complexity index is 194. The maximum atomic E-state index is 10.9.